The molecule has 1 saturated heterocycles. The van der Waals surface area contributed by atoms with E-state index in [1.54, 1.807) is 0 Å². The second-order valence-electron chi connectivity index (χ2n) is 5.32. The Morgan fingerprint density at radius 3 is 2.39 bits per heavy atom. The molecule has 1 amide bonds. The van der Waals surface area contributed by atoms with Crippen LogP contribution in [0.15, 0.2) is 0 Å². The summed E-state index contributed by atoms with van der Waals surface area (Å²) < 4.78 is 9.76. The van der Waals surface area contributed by atoms with Crippen LogP contribution >= 0.6 is 0 Å². The standard InChI is InChI=1S/C13H21NO9/c1-5(15)14-10-7(17)3-9(13(20)21)23-12(10)11(19)8(18)4-22-6(2)16/h7-12,17-19H,3-4H2,1-2H3,(H,14,15)(H,20,21)/t7-,8+,9?,10+,11+,12+/m0/s1. The highest BCUT2D eigenvalue weighted by atomic mass is 16.6. The summed E-state index contributed by atoms with van der Waals surface area (Å²) in [6, 6.07) is -1.12. The van der Waals surface area contributed by atoms with E-state index in [4.69, 9.17) is 9.84 Å². The van der Waals surface area contributed by atoms with Gasteiger partial charge in [-0.15, -0.1) is 0 Å². The summed E-state index contributed by atoms with van der Waals surface area (Å²) in [4.78, 5) is 33.0. The molecule has 0 radical (unpaired) electrons. The second-order valence-corrected chi connectivity index (χ2v) is 5.32. The van der Waals surface area contributed by atoms with Gasteiger partial charge in [-0.05, 0) is 0 Å². The minimum Gasteiger partial charge on any atom is -0.479 e. The largest absolute Gasteiger partial charge is 0.479 e. The lowest BCUT2D eigenvalue weighted by Gasteiger charge is -2.41. The molecule has 1 aliphatic rings. The first-order valence-electron chi connectivity index (χ1n) is 6.96. The van der Waals surface area contributed by atoms with Crippen molar-refractivity contribution >= 4 is 17.8 Å². The minimum atomic E-state index is -1.69. The number of aliphatic carboxylic acids is 1. The zero-order chi connectivity index (χ0) is 17.7. The van der Waals surface area contributed by atoms with Crippen LogP contribution in [0.4, 0.5) is 0 Å². The molecule has 1 aliphatic heterocycles. The van der Waals surface area contributed by atoms with Gasteiger partial charge in [0, 0.05) is 20.3 Å². The van der Waals surface area contributed by atoms with Gasteiger partial charge in [0.2, 0.25) is 5.91 Å². The van der Waals surface area contributed by atoms with Crippen molar-refractivity contribution in [2.24, 2.45) is 0 Å². The Balaban J connectivity index is 2.90. The number of nitrogens with one attached hydrogen (secondary N) is 1. The molecule has 10 heteroatoms. The molecule has 0 bridgehead atoms. The van der Waals surface area contributed by atoms with Crippen LogP contribution in [0, 0.1) is 0 Å². The summed E-state index contributed by atoms with van der Waals surface area (Å²) in [7, 11) is 0. The predicted octanol–water partition coefficient (Wildman–Crippen LogP) is -2.62. The molecule has 23 heavy (non-hydrogen) atoms. The molecule has 1 rings (SSSR count). The highest BCUT2D eigenvalue weighted by Crippen LogP contribution is 2.24. The van der Waals surface area contributed by atoms with E-state index < -0.39 is 61.0 Å². The van der Waals surface area contributed by atoms with E-state index >= 15 is 0 Å². The van der Waals surface area contributed by atoms with Crippen LogP contribution in [-0.4, -0.2) is 81.4 Å². The predicted molar refractivity (Wildman–Crippen MR) is 73.2 cm³/mol. The number of esters is 1. The first-order valence-corrected chi connectivity index (χ1v) is 6.96. The third kappa shape index (κ3) is 5.43. The van der Waals surface area contributed by atoms with Gasteiger partial charge in [-0.25, -0.2) is 4.79 Å². The average molecular weight is 335 g/mol. The summed E-state index contributed by atoms with van der Waals surface area (Å²) in [5.41, 5.74) is 0. The monoisotopic (exact) mass is 335 g/mol. The lowest BCUT2D eigenvalue weighted by Crippen LogP contribution is -2.63. The molecule has 1 heterocycles. The Labute approximate surface area is 132 Å². The molecule has 5 N–H and O–H groups in total. The van der Waals surface area contributed by atoms with Crippen molar-refractivity contribution < 1.29 is 44.3 Å². The number of amides is 1. The van der Waals surface area contributed by atoms with Crippen molar-refractivity contribution in [2.75, 3.05) is 6.61 Å². The van der Waals surface area contributed by atoms with Gasteiger partial charge < -0.3 is 35.2 Å². The molecule has 0 aromatic heterocycles. The molecule has 1 unspecified atom stereocenters. The lowest BCUT2D eigenvalue weighted by atomic mass is 9.90. The molecule has 1 fully saturated rings. The SMILES string of the molecule is CC(=O)N[C@H]1[C@H]([C@H](O)[C@H](O)COC(C)=O)OC(C(=O)O)C[C@@H]1O. The van der Waals surface area contributed by atoms with Crippen LogP contribution in [0.25, 0.3) is 0 Å². The fourth-order valence-corrected chi connectivity index (χ4v) is 2.30. The second kappa shape index (κ2) is 8.20. The number of rotatable bonds is 6. The third-order valence-corrected chi connectivity index (χ3v) is 3.38. The average Bonchev–Trinajstić information content (AvgIpc) is 2.45. The van der Waals surface area contributed by atoms with Gasteiger partial charge in [0.25, 0.3) is 0 Å². The van der Waals surface area contributed by atoms with Crippen molar-refractivity contribution in [1.82, 2.24) is 5.32 Å². The normalized spacial score (nSPS) is 30.1. The number of aliphatic hydroxyl groups excluding tert-OH is 3. The van der Waals surface area contributed by atoms with Crippen molar-refractivity contribution in [3.63, 3.8) is 0 Å². The van der Waals surface area contributed by atoms with Crippen molar-refractivity contribution in [3.8, 4) is 0 Å². The fourth-order valence-electron chi connectivity index (χ4n) is 2.30. The van der Waals surface area contributed by atoms with Gasteiger partial charge in [-0.3, -0.25) is 9.59 Å². The zero-order valence-corrected chi connectivity index (χ0v) is 12.7. The maximum atomic E-state index is 11.2. The first-order chi connectivity index (χ1) is 10.6. The van der Waals surface area contributed by atoms with E-state index in [2.05, 4.69) is 10.1 Å². The van der Waals surface area contributed by atoms with Gasteiger partial charge in [-0.1, -0.05) is 0 Å². The molecule has 0 aromatic carbocycles. The zero-order valence-electron chi connectivity index (χ0n) is 12.7. The van der Waals surface area contributed by atoms with Crippen LogP contribution in [0.3, 0.4) is 0 Å². The summed E-state index contributed by atoms with van der Waals surface area (Å²) in [5.74, 6) is -2.56. The Kier molecular flexibility index (Phi) is 6.88. The number of carbonyl (C=O) groups is 3. The highest BCUT2D eigenvalue weighted by Gasteiger charge is 2.46. The van der Waals surface area contributed by atoms with Crippen LogP contribution < -0.4 is 5.32 Å². The summed E-state index contributed by atoms with van der Waals surface area (Å²) in [6.45, 7) is 1.74. The van der Waals surface area contributed by atoms with Crippen molar-refractivity contribution in [3.05, 3.63) is 0 Å². The maximum Gasteiger partial charge on any atom is 0.332 e. The maximum absolute atomic E-state index is 11.2. The number of aliphatic hydroxyl groups is 3. The molecule has 0 saturated carbocycles. The molecule has 132 valence electrons. The van der Waals surface area contributed by atoms with E-state index in [0.29, 0.717) is 0 Å². The van der Waals surface area contributed by atoms with Gasteiger partial charge in [0.1, 0.15) is 24.9 Å². The quantitative estimate of drug-likeness (QED) is 0.327. The summed E-state index contributed by atoms with van der Waals surface area (Å²) >= 11 is 0. The summed E-state index contributed by atoms with van der Waals surface area (Å²) in [5, 5.41) is 41.3. The highest BCUT2D eigenvalue weighted by molar-refractivity contribution is 5.74. The number of hydrogen-bond donors (Lipinski definition) is 5. The third-order valence-electron chi connectivity index (χ3n) is 3.38. The topological polar surface area (TPSA) is 163 Å². The molecular formula is C13H21NO9. The first kappa shape index (κ1) is 19.3. The summed E-state index contributed by atoms with van der Waals surface area (Å²) in [6.07, 6.45) is -7.66. The molecule has 0 spiro atoms. The van der Waals surface area contributed by atoms with Gasteiger partial charge in [-0.2, -0.15) is 0 Å². The van der Waals surface area contributed by atoms with Crippen LogP contribution in [0.1, 0.15) is 20.3 Å². The number of ether oxygens (including phenoxy) is 2. The Hall–Kier alpha value is -1.75. The van der Waals surface area contributed by atoms with E-state index in [9.17, 15) is 29.7 Å². The minimum absolute atomic E-state index is 0.288. The number of carbonyl (C=O) groups excluding carboxylic acids is 2. The number of carboxylic acid groups (broad SMARTS) is 1. The van der Waals surface area contributed by atoms with E-state index in [1.165, 1.54) is 6.92 Å². The molecule has 10 nitrogen and oxygen atoms in total. The van der Waals surface area contributed by atoms with Crippen LogP contribution in [0.5, 0.6) is 0 Å². The molecular weight excluding hydrogens is 314 g/mol. The molecule has 0 aromatic rings. The smallest absolute Gasteiger partial charge is 0.332 e. The Bertz CT molecular complexity index is 455. The number of hydrogen-bond acceptors (Lipinski definition) is 8. The Morgan fingerprint density at radius 1 is 1.30 bits per heavy atom. The van der Waals surface area contributed by atoms with Crippen molar-refractivity contribution in [2.45, 2.75) is 56.8 Å². The van der Waals surface area contributed by atoms with Crippen molar-refractivity contribution in [1.29, 1.82) is 0 Å². The molecule has 0 aliphatic carbocycles. The lowest BCUT2D eigenvalue weighted by molar-refractivity contribution is -0.197. The van der Waals surface area contributed by atoms with Gasteiger partial charge in [0.05, 0.1) is 12.1 Å². The molecule has 6 atom stereocenters. The van der Waals surface area contributed by atoms with Gasteiger partial charge in [0.15, 0.2) is 6.10 Å². The van der Waals surface area contributed by atoms with E-state index in [-0.39, 0.29) is 6.42 Å². The van der Waals surface area contributed by atoms with Gasteiger partial charge >= 0.3 is 11.9 Å². The number of carboxylic acids is 1. The Morgan fingerprint density at radius 2 is 1.91 bits per heavy atom. The van der Waals surface area contributed by atoms with Crippen LogP contribution in [-0.2, 0) is 23.9 Å². The van der Waals surface area contributed by atoms with E-state index in [1.807, 2.05) is 0 Å². The van der Waals surface area contributed by atoms with E-state index in [0.717, 1.165) is 6.92 Å². The van der Waals surface area contributed by atoms with Crippen LogP contribution in [0.2, 0.25) is 0 Å². The fraction of sp³-hybridized carbons (Fsp3) is 0.769.